The number of likely N-dealkylation sites (tertiary alicyclic amines) is 1. The van der Waals surface area contributed by atoms with Crippen LogP contribution in [-0.2, 0) is 0 Å². The van der Waals surface area contributed by atoms with Crippen molar-refractivity contribution in [2.75, 3.05) is 25.0 Å². The average Bonchev–Trinajstić information content (AvgIpc) is 3.24. The summed E-state index contributed by atoms with van der Waals surface area (Å²) in [6.45, 7) is 3.02. The van der Waals surface area contributed by atoms with Gasteiger partial charge in [-0.15, -0.1) is 0 Å². The Balaban J connectivity index is 1.57. The first-order chi connectivity index (χ1) is 11.2. The van der Waals surface area contributed by atoms with Crippen molar-refractivity contribution < 1.29 is 13.7 Å². The minimum absolute atomic E-state index is 0.250. The number of hydrogen-bond donors (Lipinski definition) is 3. The van der Waals surface area contributed by atoms with Gasteiger partial charge in [-0.1, -0.05) is 0 Å². The molecule has 1 aromatic carbocycles. The van der Waals surface area contributed by atoms with Crippen molar-refractivity contribution in [3.05, 3.63) is 54.2 Å². The molecule has 0 amide bonds. The van der Waals surface area contributed by atoms with E-state index in [1.165, 1.54) is 29.9 Å². The van der Waals surface area contributed by atoms with Crippen molar-refractivity contribution in [2.24, 2.45) is 0 Å². The highest BCUT2D eigenvalue weighted by Crippen LogP contribution is 2.12. The summed E-state index contributed by atoms with van der Waals surface area (Å²) in [5.41, 5.74) is 0.770. The number of thiocarbonyl (C=S) groups is 1. The summed E-state index contributed by atoms with van der Waals surface area (Å²) in [6.07, 6.45) is 4.22. The minimum Gasteiger partial charge on any atom is -0.463 e. The molecule has 0 saturated carbocycles. The Morgan fingerprint density at radius 2 is 1.96 bits per heavy atom. The third kappa shape index (κ3) is 4.30. The maximum Gasteiger partial charge on any atom is 0.171 e. The number of halogens is 1. The van der Waals surface area contributed by atoms with E-state index in [9.17, 15) is 4.39 Å². The normalized spacial score (nSPS) is 16.2. The van der Waals surface area contributed by atoms with Crippen molar-refractivity contribution in [1.29, 1.82) is 0 Å². The number of benzene rings is 1. The zero-order valence-electron chi connectivity index (χ0n) is 12.8. The van der Waals surface area contributed by atoms with Crippen LogP contribution in [0.5, 0.6) is 0 Å². The molecular formula is C17H21FN3OS+. The van der Waals surface area contributed by atoms with Crippen molar-refractivity contribution >= 4 is 23.0 Å². The van der Waals surface area contributed by atoms with E-state index in [0.29, 0.717) is 11.7 Å². The van der Waals surface area contributed by atoms with E-state index >= 15 is 0 Å². The fourth-order valence-corrected chi connectivity index (χ4v) is 3.22. The molecule has 1 saturated heterocycles. The van der Waals surface area contributed by atoms with Crippen LogP contribution in [0.15, 0.2) is 47.1 Å². The molecule has 1 atom stereocenters. The van der Waals surface area contributed by atoms with Crippen molar-refractivity contribution in [3.63, 3.8) is 0 Å². The molecule has 0 aliphatic carbocycles. The van der Waals surface area contributed by atoms with Gasteiger partial charge in [0.15, 0.2) is 16.9 Å². The molecule has 0 radical (unpaired) electrons. The Labute approximate surface area is 140 Å². The van der Waals surface area contributed by atoms with Gasteiger partial charge in [0.2, 0.25) is 0 Å². The third-order valence-corrected chi connectivity index (χ3v) is 4.44. The highest BCUT2D eigenvalue weighted by atomic mass is 32.1. The third-order valence-electron chi connectivity index (χ3n) is 4.19. The van der Waals surface area contributed by atoms with Gasteiger partial charge in [-0.2, -0.15) is 0 Å². The van der Waals surface area contributed by atoms with E-state index in [1.807, 2.05) is 12.1 Å². The smallest absolute Gasteiger partial charge is 0.171 e. The first kappa shape index (κ1) is 16.0. The largest absolute Gasteiger partial charge is 0.463 e. The molecule has 1 aromatic heterocycles. The van der Waals surface area contributed by atoms with Crippen LogP contribution in [0.3, 0.4) is 0 Å². The van der Waals surface area contributed by atoms with Crippen LogP contribution >= 0.6 is 12.2 Å². The van der Waals surface area contributed by atoms with Crippen LogP contribution < -0.4 is 15.5 Å². The van der Waals surface area contributed by atoms with Crippen LogP contribution in [0.2, 0.25) is 0 Å². The molecule has 1 aliphatic rings. The topological polar surface area (TPSA) is 41.6 Å². The van der Waals surface area contributed by atoms with E-state index in [4.69, 9.17) is 16.6 Å². The molecule has 2 heterocycles. The minimum atomic E-state index is -0.259. The number of quaternary nitrogens is 1. The Kier molecular flexibility index (Phi) is 5.25. The van der Waals surface area contributed by atoms with Crippen LogP contribution in [0.1, 0.15) is 24.6 Å². The van der Waals surface area contributed by atoms with Gasteiger partial charge >= 0.3 is 0 Å². The SMILES string of the molecule is Fc1ccc(NC(=S)NC[C@H](c2ccco2)[NH+]2CCCC2)cc1. The summed E-state index contributed by atoms with van der Waals surface area (Å²) in [5.74, 6) is 0.726. The van der Waals surface area contributed by atoms with Gasteiger partial charge in [-0.3, -0.25) is 0 Å². The van der Waals surface area contributed by atoms with Crippen molar-refractivity contribution in [2.45, 2.75) is 18.9 Å². The zero-order valence-corrected chi connectivity index (χ0v) is 13.7. The summed E-state index contributed by atoms with van der Waals surface area (Å²) in [7, 11) is 0. The molecule has 0 spiro atoms. The molecule has 23 heavy (non-hydrogen) atoms. The maximum absolute atomic E-state index is 12.9. The lowest BCUT2D eigenvalue weighted by Gasteiger charge is -2.23. The lowest BCUT2D eigenvalue weighted by molar-refractivity contribution is -0.919. The summed E-state index contributed by atoms with van der Waals surface area (Å²) >= 11 is 5.34. The highest BCUT2D eigenvalue weighted by molar-refractivity contribution is 7.80. The van der Waals surface area contributed by atoms with Gasteiger partial charge < -0.3 is 20.0 Å². The van der Waals surface area contributed by atoms with Gasteiger partial charge in [-0.25, -0.2) is 4.39 Å². The van der Waals surface area contributed by atoms with Crippen molar-refractivity contribution in [1.82, 2.24) is 5.32 Å². The fraction of sp³-hybridized carbons (Fsp3) is 0.353. The van der Waals surface area contributed by atoms with Crippen LogP contribution in [0, 0.1) is 5.82 Å². The summed E-state index contributed by atoms with van der Waals surface area (Å²) in [5, 5.41) is 6.86. The monoisotopic (exact) mass is 334 g/mol. The Bertz CT molecular complexity index is 624. The van der Waals surface area contributed by atoms with Crippen LogP contribution in [-0.4, -0.2) is 24.7 Å². The van der Waals surface area contributed by atoms with Gasteiger partial charge in [0.25, 0.3) is 0 Å². The maximum atomic E-state index is 12.9. The second-order valence-corrected chi connectivity index (χ2v) is 6.18. The molecule has 2 aromatic rings. The van der Waals surface area contributed by atoms with Crippen LogP contribution in [0.25, 0.3) is 0 Å². The molecule has 3 rings (SSSR count). The molecule has 1 aliphatic heterocycles. The summed E-state index contributed by atoms with van der Waals surface area (Å²) < 4.78 is 18.5. The predicted molar refractivity (Wildman–Crippen MR) is 92.0 cm³/mol. The van der Waals surface area contributed by atoms with E-state index in [-0.39, 0.29) is 11.9 Å². The molecule has 0 unspecified atom stereocenters. The lowest BCUT2D eigenvalue weighted by Crippen LogP contribution is -3.11. The average molecular weight is 334 g/mol. The first-order valence-corrected chi connectivity index (χ1v) is 8.31. The number of nitrogens with one attached hydrogen (secondary N) is 3. The van der Waals surface area contributed by atoms with Gasteiger partial charge in [0.05, 0.1) is 25.9 Å². The molecule has 0 bridgehead atoms. The Hall–Kier alpha value is -1.92. The molecule has 4 nitrogen and oxygen atoms in total. The zero-order chi connectivity index (χ0) is 16.1. The number of anilines is 1. The first-order valence-electron chi connectivity index (χ1n) is 7.91. The van der Waals surface area contributed by atoms with Gasteiger partial charge in [0.1, 0.15) is 5.82 Å². The predicted octanol–water partition coefficient (Wildman–Crippen LogP) is 2.13. The molecular weight excluding hydrogens is 313 g/mol. The van der Waals surface area contributed by atoms with Crippen LogP contribution in [0.4, 0.5) is 10.1 Å². The lowest BCUT2D eigenvalue weighted by atomic mass is 10.2. The van der Waals surface area contributed by atoms with Gasteiger partial charge in [-0.05, 0) is 48.6 Å². The second-order valence-electron chi connectivity index (χ2n) is 5.78. The summed E-state index contributed by atoms with van der Waals surface area (Å²) in [6, 6.07) is 10.3. The molecule has 3 N–H and O–H groups in total. The molecule has 6 heteroatoms. The van der Waals surface area contributed by atoms with E-state index in [0.717, 1.165) is 24.5 Å². The number of rotatable bonds is 5. The van der Waals surface area contributed by atoms with E-state index in [1.54, 1.807) is 18.4 Å². The summed E-state index contributed by atoms with van der Waals surface area (Å²) in [4.78, 5) is 1.53. The van der Waals surface area contributed by atoms with E-state index < -0.39 is 0 Å². The standard InChI is InChI=1S/C17H20FN3OS/c18-13-5-7-14(8-6-13)20-17(23)19-12-15(16-4-3-11-22-16)21-9-1-2-10-21/h3-8,11,15H,1-2,9-10,12H2,(H2,19,20,23)/p+1/t15-/m1/s1. The highest BCUT2D eigenvalue weighted by Gasteiger charge is 2.29. The second kappa shape index (κ2) is 7.57. The van der Waals surface area contributed by atoms with E-state index in [2.05, 4.69) is 10.6 Å². The number of hydrogen-bond acceptors (Lipinski definition) is 2. The fourth-order valence-electron chi connectivity index (χ4n) is 3.02. The Morgan fingerprint density at radius 1 is 1.22 bits per heavy atom. The quantitative estimate of drug-likeness (QED) is 0.733. The number of furan rings is 1. The molecule has 122 valence electrons. The van der Waals surface area contributed by atoms with Crippen molar-refractivity contribution in [3.8, 4) is 0 Å². The van der Waals surface area contributed by atoms with Gasteiger partial charge in [0, 0.05) is 18.5 Å². The Morgan fingerprint density at radius 3 is 2.61 bits per heavy atom. The molecule has 1 fully saturated rings.